The van der Waals surface area contributed by atoms with Crippen molar-refractivity contribution in [3.8, 4) is 0 Å². The maximum Gasteiger partial charge on any atom is 0.0462 e. The van der Waals surface area contributed by atoms with Crippen LogP contribution in [0.5, 0.6) is 0 Å². The van der Waals surface area contributed by atoms with E-state index in [-0.39, 0.29) is 0 Å². The molecule has 0 bridgehead atoms. The van der Waals surface area contributed by atoms with Gasteiger partial charge < -0.3 is 9.80 Å². The predicted molar refractivity (Wildman–Crippen MR) is 249 cm³/mol. The summed E-state index contributed by atoms with van der Waals surface area (Å²) in [7, 11) is 0. The van der Waals surface area contributed by atoms with Crippen molar-refractivity contribution < 1.29 is 0 Å². The van der Waals surface area contributed by atoms with Crippen LogP contribution in [-0.2, 0) is 0 Å². The molecule has 2 unspecified atom stereocenters. The fraction of sp³-hybridized carbons (Fsp3) is 0.164. The van der Waals surface area contributed by atoms with Gasteiger partial charge in [-0.25, -0.2) is 0 Å². The molecule has 0 aliphatic heterocycles. The van der Waals surface area contributed by atoms with Crippen LogP contribution in [0.1, 0.15) is 92.2 Å². The lowest BCUT2D eigenvalue weighted by atomic mass is 9.96. The summed E-state index contributed by atoms with van der Waals surface area (Å²) in [6.45, 7) is 9.11. The van der Waals surface area contributed by atoms with Gasteiger partial charge in [0.1, 0.15) is 0 Å². The summed E-state index contributed by atoms with van der Waals surface area (Å²) in [5.41, 5.74) is 14.3. The molecule has 0 aliphatic rings. The summed E-state index contributed by atoms with van der Waals surface area (Å²) >= 11 is 0. The van der Waals surface area contributed by atoms with Gasteiger partial charge in [0.05, 0.1) is 0 Å². The Morgan fingerprint density at radius 2 is 0.632 bits per heavy atom. The number of benzene rings is 7. The zero-order chi connectivity index (χ0) is 39.4. The molecule has 0 N–H and O–H groups in total. The normalized spacial score (nSPS) is 12.5. The molecule has 0 saturated carbocycles. The van der Waals surface area contributed by atoms with Gasteiger partial charge in [-0.05, 0) is 131 Å². The molecule has 7 aromatic carbocycles. The highest BCUT2D eigenvalue weighted by molar-refractivity contribution is 5.80. The number of rotatable bonds is 15. The molecule has 0 radical (unpaired) electrons. The largest absolute Gasteiger partial charge is 0.311 e. The van der Waals surface area contributed by atoms with Crippen molar-refractivity contribution in [2.24, 2.45) is 0 Å². The van der Waals surface area contributed by atoms with E-state index in [1.807, 2.05) is 0 Å². The molecular formula is C55H54N2. The van der Waals surface area contributed by atoms with E-state index in [1.54, 1.807) is 0 Å². The maximum atomic E-state index is 2.33. The molecule has 57 heavy (non-hydrogen) atoms. The van der Waals surface area contributed by atoms with Gasteiger partial charge in [0.15, 0.2) is 0 Å². The van der Waals surface area contributed by atoms with Gasteiger partial charge in [-0.2, -0.15) is 0 Å². The number of hydrogen-bond acceptors (Lipinski definition) is 2. The third kappa shape index (κ3) is 9.90. The van der Waals surface area contributed by atoms with Crippen molar-refractivity contribution >= 4 is 58.4 Å². The Balaban J connectivity index is 1.01. The highest BCUT2D eigenvalue weighted by Crippen LogP contribution is 2.37. The Labute approximate surface area is 341 Å². The van der Waals surface area contributed by atoms with Crippen LogP contribution >= 0.6 is 0 Å². The minimum atomic E-state index is 0.554. The quantitative estimate of drug-likeness (QED) is 0.0965. The lowest BCUT2D eigenvalue weighted by Crippen LogP contribution is -2.10. The van der Waals surface area contributed by atoms with Crippen molar-refractivity contribution in [3.05, 3.63) is 215 Å². The predicted octanol–water partition coefficient (Wildman–Crippen LogP) is 16.4. The zero-order valence-corrected chi connectivity index (χ0v) is 33.8. The fourth-order valence-corrected chi connectivity index (χ4v) is 7.36. The van der Waals surface area contributed by atoms with Crippen molar-refractivity contribution in [2.45, 2.75) is 58.8 Å². The Morgan fingerprint density at radius 1 is 0.351 bits per heavy atom. The summed E-state index contributed by atoms with van der Waals surface area (Å²) < 4.78 is 0. The third-order valence-electron chi connectivity index (χ3n) is 11.0. The molecule has 2 nitrogen and oxygen atoms in total. The van der Waals surface area contributed by atoms with Crippen molar-refractivity contribution in [1.82, 2.24) is 0 Å². The third-order valence-corrected chi connectivity index (χ3v) is 11.0. The van der Waals surface area contributed by atoms with Crippen LogP contribution in [0.15, 0.2) is 182 Å². The second-order valence-corrected chi connectivity index (χ2v) is 15.0. The number of anilines is 6. The van der Waals surface area contributed by atoms with Gasteiger partial charge in [0.2, 0.25) is 0 Å². The summed E-state index contributed by atoms with van der Waals surface area (Å²) in [4.78, 5) is 4.65. The number of para-hydroxylation sites is 2. The molecule has 0 heterocycles. The summed E-state index contributed by atoms with van der Waals surface area (Å²) in [5, 5.41) is 0. The monoisotopic (exact) mass is 742 g/mol. The first-order valence-electron chi connectivity index (χ1n) is 20.6. The van der Waals surface area contributed by atoms with Crippen LogP contribution in [0.3, 0.4) is 0 Å². The summed E-state index contributed by atoms with van der Waals surface area (Å²) in [6, 6.07) is 65.7. The Kier molecular flexibility index (Phi) is 12.9. The topological polar surface area (TPSA) is 6.48 Å². The average molecular weight is 743 g/mol. The minimum Gasteiger partial charge on any atom is -0.311 e. The Bertz CT molecular complexity index is 2320. The Hall–Kier alpha value is -6.38. The molecule has 0 amide bonds. The van der Waals surface area contributed by atoms with Gasteiger partial charge in [-0.1, -0.05) is 168 Å². The molecule has 2 heteroatoms. The van der Waals surface area contributed by atoms with Crippen molar-refractivity contribution in [1.29, 1.82) is 0 Å². The van der Waals surface area contributed by atoms with Crippen LogP contribution in [0.4, 0.5) is 34.1 Å². The first-order valence-corrected chi connectivity index (χ1v) is 20.6. The van der Waals surface area contributed by atoms with E-state index >= 15 is 0 Å². The maximum absolute atomic E-state index is 2.33. The van der Waals surface area contributed by atoms with Gasteiger partial charge in [0.25, 0.3) is 0 Å². The molecule has 0 fully saturated rings. The van der Waals surface area contributed by atoms with Gasteiger partial charge in [-0.15, -0.1) is 0 Å². The van der Waals surface area contributed by atoms with Crippen LogP contribution in [0.25, 0.3) is 24.3 Å². The molecule has 0 aliphatic carbocycles. The lowest BCUT2D eigenvalue weighted by Gasteiger charge is -2.26. The minimum absolute atomic E-state index is 0.554. The molecule has 0 spiro atoms. The standard InChI is InChI=1S/C55H54N2/c1-5-13-43(4)49-32-40-55(41-33-49)57(51-16-11-8-12-17-51)53-36-28-47(29-37-53)25-23-45-20-18-44(19-21-45)22-24-46-26-34-52(35-27-46)56(50-14-9-7-10-15-50)54-38-30-48(31-39-54)42(3)6-2/h7-12,14-43H,5-6,13H2,1-4H3/b24-22+,25-23+. The second kappa shape index (κ2) is 19.0. The zero-order valence-electron chi connectivity index (χ0n) is 33.8. The first kappa shape index (κ1) is 38.9. The van der Waals surface area contributed by atoms with Gasteiger partial charge >= 0.3 is 0 Å². The van der Waals surface area contributed by atoms with E-state index in [4.69, 9.17) is 0 Å². The second-order valence-electron chi connectivity index (χ2n) is 15.0. The average Bonchev–Trinajstić information content (AvgIpc) is 3.27. The number of nitrogens with zero attached hydrogens (tertiary/aromatic N) is 2. The number of hydrogen-bond donors (Lipinski definition) is 0. The van der Waals surface area contributed by atoms with Crippen LogP contribution in [0.2, 0.25) is 0 Å². The van der Waals surface area contributed by atoms with E-state index in [2.05, 4.69) is 244 Å². The molecule has 7 aromatic rings. The van der Waals surface area contributed by atoms with Gasteiger partial charge in [0, 0.05) is 34.1 Å². The molecule has 2 atom stereocenters. The lowest BCUT2D eigenvalue weighted by molar-refractivity contribution is 0.665. The molecule has 7 rings (SSSR count). The molecule has 0 aromatic heterocycles. The SMILES string of the molecule is CCCC(C)c1ccc(N(c2ccccc2)c2ccc(/C=C/c3ccc(/C=C/c4ccc(N(c5ccccc5)c5ccc(C(C)CC)cc5)cc4)cc3)cc2)cc1. The highest BCUT2D eigenvalue weighted by atomic mass is 15.1. The fourth-order valence-electron chi connectivity index (χ4n) is 7.36. The smallest absolute Gasteiger partial charge is 0.0462 e. The van der Waals surface area contributed by atoms with E-state index in [9.17, 15) is 0 Å². The van der Waals surface area contributed by atoms with E-state index in [0.717, 1.165) is 51.7 Å². The summed E-state index contributed by atoms with van der Waals surface area (Å²) in [5.74, 6) is 1.12. The van der Waals surface area contributed by atoms with Crippen LogP contribution < -0.4 is 9.80 Å². The highest BCUT2D eigenvalue weighted by Gasteiger charge is 2.15. The van der Waals surface area contributed by atoms with Gasteiger partial charge in [-0.3, -0.25) is 0 Å². The van der Waals surface area contributed by atoms with E-state index in [0.29, 0.717) is 11.8 Å². The van der Waals surface area contributed by atoms with Crippen LogP contribution in [-0.4, -0.2) is 0 Å². The van der Waals surface area contributed by atoms with Crippen molar-refractivity contribution in [2.75, 3.05) is 9.80 Å². The van der Waals surface area contributed by atoms with Crippen molar-refractivity contribution in [3.63, 3.8) is 0 Å². The van der Waals surface area contributed by atoms with Crippen LogP contribution in [0, 0.1) is 0 Å². The Morgan fingerprint density at radius 3 is 0.947 bits per heavy atom. The molecule has 0 saturated heterocycles. The summed E-state index contributed by atoms with van der Waals surface area (Å²) in [6.07, 6.45) is 12.3. The molecule has 284 valence electrons. The van der Waals surface area contributed by atoms with E-state index < -0.39 is 0 Å². The van der Waals surface area contributed by atoms with E-state index in [1.165, 1.54) is 35.1 Å². The molecular weight excluding hydrogens is 689 g/mol. The first-order chi connectivity index (χ1) is 28.0.